The molecule has 0 aliphatic heterocycles. The second kappa shape index (κ2) is 4.09. The number of halogens is 2. The van der Waals surface area contributed by atoms with Crippen molar-refractivity contribution in [1.82, 2.24) is 0 Å². The maximum absolute atomic E-state index is 11.0. The van der Waals surface area contributed by atoms with Crippen molar-refractivity contribution < 1.29 is 18.3 Å². The fourth-order valence-corrected chi connectivity index (χ4v) is 2.65. The molecule has 1 aromatic rings. The smallest absolute Gasteiger partial charge is 0.336 e. The van der Waals surface area contributed by atoms with Crippen LogP contribution >= 0.6 is 27.5 Å². The molecule has 0 saturated heterocycles. The summed E-state index contributed by atoms with van der Waals surface area (Å²) < 4.78 is 22.2. The van der Waals surface area contributed by atoms with Crippen molar-refractivity contribution in [3.8, 4) is 0 Å². The summed E-state index contributed by atoms with van der Waals surface area (Å²) in [6.45, 7) is 0. The second-order valence-electron chi connectivity index (χ2n) is 2.61. The summed E-state index contributed by atoms with van der Waals surface area (Å²) in [5.74, 6) is -1.27. The number of hydrogen-bond acceptors (Lipinski definition) is 3. The first kappa shape index (κ1) is 12.4. The third-order valence-corrected chi connectivity index (χ3v) is 3.59. The standard InChI is InChI=1S/C7H5BrClNO4S/c8-4-2-5(9)6(15(10,13)14)1-3(4)7(11)12/h1-2H,(H,11,12)(H2,10,13,14). The number of nitrogens with two attached hydrogens (primary N) is 1. The van der Waals surface area contributed by atoms with Crippen LogP contribution < -0.4 is 5.14 Å². The third-order valence-electron chi connectivity index (χ3n) is 1.56. The average Bonchev–Trinajstić information content (AvgIpc) is 2.00. The van der Waals surface area contributed by atoms with Gasteiger partial charge in [-0.1, -0.05) is 11.6 Å². The van der Waals surface area contributed by atoms with Crippen LogP contribution in [0, 0.1) is 0 Å². The van der Waals surface area contributed by atoms with Crippen molar-refractivity contribution in [2.45, 2.75) is 4.90 Å². The quantitative estimate of drug-likeness (QED) is 0.863. The van der Waals surface area contributed by atoms with Crippen LogP contribution in [0.15, 0.2) is 21.5 Å². The molecular formula is C7H5BrClNO4S. The second-order valence-corrected chi connectivity index (χ2v) is 5.40. The van der Waals surface area contributed by atoms with Crippen LogP contribution in [0.1, 0.15) is 10.4 Å². The Kier molecular flexibility index (Phi) is 3.39. The largest absolute Gasteiger partial charge is 0.478 e. The molecule has 0 aliphatic carbocycles. The van der Waals surface area contributed by atoms with Gasteiger partial charge in [0.1, 0.15) is 4.90 Å². The topological polar surface area (TPSA) is 97.5 Å². The molecule has 82 valence electrons. The number of carboxylic acid groups (broad SMARTS) is 1. The van der Waals surface area contributed by atoms with Crippen molar-refractivity contribution in [2.24, 2.45) is 5.14 Å². The first-order valence-electron chi connectivity index (χ1n) is 3.48. The lowest BCUT2D eigenvalue weighted by atomic mass is 10.2. The number of hydrogen-bond donors (Lipinski definition) is 2. The summed E-state index contributed by atoms with van der Waals surface area (Å²) in [7, 11) is -4.02. The molecule has 0 atom stereocenters. The van der Waals surface area contributed by atoms with Gasteiger partial charge in [-0.25, -0.2) is 18.4 Å². The number of rotatable bonds is 2. The van der Waals surface area contributed by atoms with Gasteiger partial charge in [0.25, 0.3) is 0 Å². The van der Waals surface area contributed by atoms with E-state index in [-0.39, 0.29) is 15.1 Å². The fourth-order valence-electron chi connectivity index (χ4n) is 0.911. The Morgan fingerprint density at radius 1 is 1.47 bits per heavy atom. The van der Waals surface area contributed by atoms with Gasteiger partial charge >= 0.3 is 5.97 Å². The molecule has 5 nitrogen and oxygen atoms in total. The monoisotopic (exact) mass is 313 g/mol. The number of aromatic carboxylic acids is 1. The van der Waals surface area contributed by atoms with E-state index in [1.807, 2.05) is 0 Å². The van der Waals surface area contributed by atoms with Crippen LogP contribution in [0.4, 0.5) is 0 Å². The van der Waals surface area contributed by atoms with Gasteiger partial charge in [-0.15, -0.1) is 0 Å². The molecule has 0 amide bonds. The van der Waals surface area contributed by atoms with E-state index in [1.165, 1.54) is 6.07 Å². The number of benzene rings is 1. The average molecular weight is 315 g/mol. The summed E-state index contributed by atoms with van der Waals surface area (Å²) in [6, 6.07) is 2.08. The zero-order valence-corrected chi connectivity index (χ0v) is 10.2. The predicted molar refractivity (Wildman–Crippen MR) is 57.5 cm³/mol. The van der Waals surface area contributed by atoms with Crippen molar-refractivity contribution in [3.05, 3.63) is 27.2 Å². The van der Waals surface area contributed by atoms with E-state index < -0.39 is 20.9 Å². The molecule has 0 fully saturated rings. The molecule has 3 N–H and O–H groups in total. The van der Waals surface area contributed by atoms with Crippen molar-refractivity contribution in [1.29, 1.82) is 0 Å². The zero-order valence-electron chi connectivity index (χ0n) is 7.07. The molecule has 0 radical (unpaired) electrons. The van der Waals surface area contributed by atoms with Crippen molar-refractivity contribution in [3.63, 3.8) is 0 Å². The molecule has 0 aliphatic rings. The minimum atomic E-state index is -4.02. The normalized spacial score (nSPS) is 11.4. The van der Waals surface area contributed by atoms with E-state index in [0.29, 0.717) is 0 Å². The molecule has 8 heteroatoms. The van der Waals surface area contributed by atoms with Gasteiger partial charge < -0.3 is 5.11 Å². The lowest BCUT2D eigenvalue weighted by Crippen LogP contribution is -2.14. The Bertz CT molecular complexity index is 528. The molecule has 0 heterocycles. The molecule has 0 spiro atoms. The van der Waals surface area contributed by atoms with Gasteiger partial charge in [-0.3, -0.25) is 0 Å². The molecule has 0 saturated carbocycles. The summed E-state index contributed by atoms with van der Waals surface area (Å²) in [6.07, 6.45) is 0. The lowest BCUT2D eigenvalue weighted by Gasteiger charge is -2.05. The van der Waals surface area contributed by atoms with E-state index in [4.69, 9.17) is 21.8 Å². The molecule has 0 unspecified atom stereocenters. The van der Waals surface area contributed by atoms with Crippen LogP contribution in [0.25, 0.3) is 0 Å². The van der Waals surface area contributed by atoms with Gasteiger partial charge in [0, 0.05) is 4.47 Å². The van der Waals surface area contributed by atoms with Crippen LogP contribution in [0.2, 0.25) is 5.02 Å². The molecule has 1 rings (SSSR count). The predicted octanol–water partition coefficient (Wildman–Crippen LogP) is 1.45. The zero-order chi connectivity index (χ0) is 11.8. The van der Waals surface area contributed by atoms with Crippen molar-refractivity contribution >= 4 is 43.5 Å². The summed E-state index contributed by atoms with van der Waals surface area (Å²) >= 11 is 8.56. The number of carbonyl (C=O) groups is 1. The van der Waals surface area contributed by atoms with E-state index in [9.17, 15) is 13.2 Å². The van der Waals surface area contributed by atoms with Crippen LogP contribution in [-0.4, -0.2) is 19.5 Å². The van der Waals surface area contributed by atoms with Gasteiger partial charge in [0.05, 0.1) is 10.6 Å². The molecule has 0 bridgehead atoms. The van der Waals surface area contributed by atoms with E-state index in [0.717, 1.165) is 6.07 Å². The molecular weight excluding hydrogens is 310 g/mol. The molecule has 1 aromatic carbocycles. The highest BCUT2D eigenvalue weighted by Gasteiger charge is 2.18. The van der Waals surface area contributed by atoms with Gasteiger partial charge in [-0.2, -0.15) is 0 Å². The Morgan fingerprint density at radius 2 is 2.00 bits per heavy atom. The first-order valence-corrected chi connectivity index (χ1v) is 6.20. The highest BCUT2D eigenvalue weighted by molar-refractivity contribution is 9.10. The van der Waals surface area contributed by atoms with Gasteiger partial charge in [0.15, 0.2) is 0 Å². The lowest BCUT2D eigenvalue weighted by molar-refractivity contribution is 0.0695. The minimum Gasteiger partial charge on any atom is -0.478 e. The molecule has 0 aromatic heterocycles. The van der Waals surface area contributed by atoms with E-state index >= 15 is 0 Å². The number of carboxylic acids is 1. The number of primary sulfonamides is 1. The Hall–Kier alpha value is -0.630. The van der Waals surface area contributed by atoms with Gasteiger partial charge in [-0.05, 0) is 28.1 Å². The Labute approximate surface area is 99.0 Å². The highest BCUT2D eigenvalue weighted by atomic mass is 79.9. The summed E-state index contributed by atoms with van der Waals surface area (Å²) in [5, 5.41) is 13.5. The van der Waals surface area contributed by atoms with Crippen LogP contribution in [0.3, 0.4) is 0 Å². The first-order chi connectivity index (χ1) is 6.73. The van der Waals surface area contributed by atoms with Crippen LogP contribution in [0.5, 0.6) is 0 Å². The highest BCUT2D eigenvalue weighted by Crippen LogP contribution is 2.28. The maximum Gasteiger partial charge on any atom is 0.336 e. The van der Waals surface area contributed by atoms with Crippen LogP contribution in [-0.2, 0) is 10.0 Å². The summed E-state index contributed by atoms with van der Waals surface area (Å²) in [4.78, 5) is 10.3. The number of sulfonamides is 1. The SMILES string of the molecule is NS(=O)(=O)c1cc(C(=O)O)c(Br)cc1Cl. The minimum absolute atomic E-state index is 0.130. The van der Waals surface area contributed by atoms with Gasteiger partial charge in [0.2, 0.25) is 10.0 Å². The molecule has 15 heavy (non-hydrogen) atoms. The van der Waals surface area contributed by atoms with E-state index in [1.54, 1.807) is 0 Å². The summed E-state index contributed by atoms with van der Waals surface area (Å²) in [5.41, 5.74) is -0.219. The maximum atomic E-state index is 11.0. The third kappa shape index (κ3) is 2.69. The fraction of sp³-hybridized carbons (Fsp3) is 0. The Balaban J connectivity index is 3.58. The Morgan fingerprint density at radius 3 is 2.40 bits per heavy atom. The van der Waals surface area contributed by atoms with E-state index in [2.05, 4.69) is 15.9 Å². The van der Waals surface area contributed by atoms with Crippen molar-refractivity contribution in [2.75, 3.05) is 0 Å².